The number of para-hydroxylation sites is 1. The Kier molecular flexibility index (Phi) is 4.16. The molecule has 1 saturated carbocycles. The van der Waals surface area contributed by atoms with E-state index in [1.54, 1.807) is 0 Å². The smallest absolute Gasteiger partial charge is 0.237 e. The van der Waals surface area contributed by atoms with E-state index in [4.69, 9.17) is 4.74 Å². The number of benzene rings is 2. The Morgan fingerprint density at radius 2 is 1.97 bits per heavy atom. The van der Waals surface area contributed by atoms with Crippen LogP contribution < -0.4 is 15.4 Å². The molecular weight excluding hydrogens is 364 g/mol. The summed E-state index contributed by atoms with van der Waals surface area (Å²) in [7, 11) is 0. The number of anilines is 1. The van der Waals surface area contributed by atoms with Crippen LogP contribution >= 0.6 is 0 Å². The lowest BCUT2D eigenvalue weighted by molar-refractivity contribution is -0.160. The summed E-state index contributed by atoms with van der Waals surface area (Å²) in [5, 5.41) is 6.12. The van der Waals surface area contributed by atoms with Gasteiger partial charge in [0.2, 0.25) is 11.8 Å². The first-order chi connectivity index (χ1) is 14.0. The van der Waals surface area contributed by atoms with Crippen molar-refractivity contribution in [1.29, 1.82) is 0 Å². The van der Waals surface area contributed by atoms with Crippen molar-refractivity contribution in [3.05, 3.63) is 59.2 Å². The molecule has 29 heavy (non-hydrogen) atoms. The molecule has 5 rings (SSSR count). The molecule has 5 nitrogen and oxygen atoms in total. The number of nitrogens with one attached hydrogen (secondary N) is 2. The van der Waals surface area contributed by atoms with Crippen molar-refractivity contribution < 1.29 is 14.3 Å². The minimum absolute atomic E-state index is 0.111. The fourth-order valence-electron chi connectivity index (χ4n) is 5.39. The van der Waals surface area contributed by atoms with E-state index in [0.717, 1.165) is 48.2 Å². The summed E-state index contributed by atoms with van der Waals surface area (Å²) in [5.41, 5.74) is 3.31. The number of rotatable bonds is 2. The summed E-state index contributed by atoms with van der Waals surface area (Å²) in [6.45, 7) is 4.06. The summed E-state index contributed by atoms with van der Waals surface area (Å²) >= 11 is 0. The summed E-state index contributed by atoms with van der Waals surface area (Å²) in [5.74, 6) is -0.506. The molecule has 2 aromatic rings. The van der Waals surface area contributed by atoms with Crippen LogP contribution in [0.25, 0.3) is 0 Å². The van der Waals surface area contributed by atoms with Crippen LogP contribution in [0.1, 0.15) is 48.3 Å². The van der Waals surface area contributed by atoms with Gasteiger partial charge in [-0.1, -0.05) is 30.7 Å². The van der Waals surface area contributed by atoms with Crippen LogP contribution in [-0.4, -0.2) is 17.5 Å². The van der Waals surface area contributed by atoms with Gasteiger partial charge < -0.3 is 15.4 Å². The quantitative estimate of drug-likeness (QED) is 0.760. The van der Waals surface area contributed by atoms with Crippen LogP contribution in [0.15, 0.2) is 42.5 Å². The zero-order valence-electron chi connectivity index (χ0n) is 16.8. The molecule has 2 N–H and O–H groups in total. The maximum atomic E-state index is 13.3. The van der Waals surface area contributed by atoms with E-state index in [9.17, 15) is 9.59 Å². The molecule has 2 amide bonds. The molecule has 3 aliphatic rings. The van der Waals surface area contributed by atoms with Gasteiger partial charge >= 0.3 is 0 Å². The van der Waals surface area contributed by atoms with E-state index in [1.165, 1.54) is 5.56 Å². The number of piperidine rings is 1. The van der Waals surface area contributed by atoms with Gasteiger partial charge in [0.15, 0.2) is 5.72 Å². The Bertz CT molecular complexity index is 1000. The van der Waals surface area contributed by atoms with Crippen molar-refractivity contribution >= 4 is 17.5 Å². The second-order valence-corrected chi connectivity index (χ2v) is 8.66. The topological polar surface area (TPSA) is 67.4 Å². The van der Waals surface area contributed by atoms with Crippen LogP contribution in [0, 0.1) is 25.7 Å². The lowest BCUT2D eigenvalue weighted by atomic mass is 9.62. The van der Waals surface area contributed by atoms with Crippen LogP contribution in [0.3, 0.4) is 0 Å². The van der Waals surface area contributed by atoms with E-state index in [1.807, 2.05) is 56.3 Å². The predicted octanol–water partition coefficient (Wildman–Crippen LogP) is 4.05. The van der Waals surface area contributed by atoms with Crippen molar-refractivity contribution in [3.63, 3.8) is 0 Å². The largest absolute Gasteiger partial charge is 0.467 e. The molecule has 1 aliphatic carbocycles. The highest BCUT2D eigenvalue weighted by molar-refractivity contribution is 6.08. The van der Waals surface area contributed by atoms with Crippen molar-refractivity contribution in [2.24, 2.45) is 11.8 Å². The number of carbonyl (C=O) groups is 2. The summed E-state index contributed by atoms with van der Waals surface area (Å²) in [6, 6.07) is 13.7. The highest BCUT2D eigenvalue weighted by Crippen LogP contribution is 2.55. The third kappa shape index (κ3) is 2.83. The number of hydrogen-bond donors (Lipinski definition) is 2. The first-order valence-corrected chi connectivity index (χ1v) is 10.5. The maximum absolute atomic E-state index is 13.3. The highest BCUT2D eigenvalue weighted by Gasteiger charge is 2.60. The molecular formula is C24H26N2O3. The molecule has 0 spiro atoms. The van der Waals surface area contributed by atoms with Gasteiger partial charge in [-0.25, -0.2) is 0 Å². The fraction of sp³-hybridized carbons (Fsp3) is 0.417. The van der Waals surface area contributed by atoms with Crippen LogP contribution in [-0.2, 0) is 9.59 Å². The van der Waals surface area contributed by atoms with Crippen molar-refractivity contribution in [3.8, 4) is 5.75 Å². The number of fused-ring (bicyclic) bond motifs is 2. The van der Waals surface area contributed by atoms with Crippen molar-refractivity contribution in [1.82, 2.24) is 5.32 Å². The van der Waals surface area contributed by atoms with Crippen molar-refractivity contribution in [2.75, 3.05) is 5.32 Å². The Morgan fingerprint density at radius 3 is 2.79 bits per heavy atom. The van der Waals surface area contributed by atoms with E-state index in [0.29, 0.717) is 0 Å². The van der Waals surface area contributed by atoms with Crippen LogP contribution in [0.5, 0.6) is 5.75 Å². The molecule has 4 atom stereocenters. The van der Waals surface area contributed by atoms with Gasteiger partial charge in [-0.3, -0.25) is 9.59 Å². The van der Waals surface area contributed by atoms with E-state index in [2.05, 4.69) is 10.6 Å². The first-order valence-electron chi connectivity index (χ1n) is 10.5. The molecule has 0 unspecified atom stereocenters. The molecule has 2 fully saturated rings. The average Bonchev–Trinajstić information content (AvgIpc) is 2.69. The average molecular weight is 390 g/mol. The van der Waals surface area contributed by atoms with E-state index < -0.39 is 11.6 Å². The molecule has 2 bridgehead atoms. The SMILES string of the molecule is Cc1ccc(NC(=O)[C@@H]2C(=O)N[C@@]34CCCC[C@H]3[C@H]2c2ccccc2O4)cc1C. The van der Waals surface area contributed by atoms with Gasteiger partial charge in [0.25, 0.3) is 0 Å². The monoisotopic (exact) mass is 390 g/mol. The second kappa shape index (κ2) is 6.61. The van der Waals surface area contributed by atoms with Gasteiger partial charge in [-0.2, -0.15) is 0 Å². The third-order valence-corrected chi connectivity index (χ3v) is 6.95. The Labute approximate surface area is 170 Å². The summed E-state index contributed by atoms with van der Waals surface area (Å²) < 4.78 is 6.38. The number of hydrogen-bond acceptors (Lipinski definition) is 3. The zero-order valence-corrected chi connectivity index (χ0v) is 16.8. The predicted molar refractivity (Wildman–Crippen MR) is 111 cm³/mol. The number of aryl methyl sites for hydroxylation is 2. The molecule has 150 valence electrons. The van der Waals surface area contributed by atoms with Crippen molar-refractivity contribution in [2.45, 2.75) is 51.2 Å². The fourth-order valence-corrected chi connectivity index (χ4v) is 5.39. The number of ether oxygens (including phenoxy) is 1. The minimum atomic E-state index is -0.766. The van der Waals surface area contributed by atoms with E-state index in [-0.39, 0.29) is 23.7 Å². The highest BCUT2D eigenvalue weighted by atomic mass is 16.5. The summed E-state index contributed by atoms with van der Waals surface area (Å²) in [4.78, 5) is 26.5. The minimum Gasteiger partial charge on any atom is -0.467 e. The normalized spacial score (nSPS) is 29.7. The van der Waals surface area contributed by atoms with Gasteiger partial charge in [0.1, 0.15) is 11.7 Å². The van der Waals surface area contributed by atoms with Gasteiger partial charge in [-0.05, 0) is 61.6 Å². The van der Waals surface area contributed by atoms with E-state index >= 15 is 0 Å². The maximum Gasteiger partial charge on any atom is 0.237 e. The molecule has 2 aliphatic heterocycles. The zero-order chi connectivity index (χ0) is 20.2. The first kappa shape index (κ1) is 18.2. The number of amides is 2. The Balaban J connectivity index is 1.54. The Hall–Kier alpha value is -2.82. The molecule has 0 aromatic heterocycles. The van der Waals surface area contributed by atoms with Gasteiger partial charge in [0.05, 0.1) is 0 Å². The van der Waals surface area contributed by atoms with Gasteiger partial charge in [0, 0.05) is 23.9 Å². The molecule has 0 radical (unpaired) electrons. The van der Waals surface area contributed by atoms with Crippen LogP contribution in [0.4, 0.5) is 5.69 Å². The third-order valence-electron chi connectivity index (χ3n) is 6.95. The van der Waals surface area contributed by atoms with Crippen LogP contribution in [0.2, 0.25) is 0 Å². The molecule has 2 aromatic carbocycles. The molecule has 5 heteroatoms. The summed E-state index contributed by atoms with van der Waals surface area (Å²) in [6.07, 6.45) is 3.85. The second-order valence-electron chi connectivity index (χ2n) is 8.66. The Morgan fingerprint density at radius 1 is 1.14 bits per heavy atom. The lowest BCUT2D eigenvalue weighted by Gasteiger charge is -2.55. The number of carbonyl (C=O) groups excluding carboxylic acids is 2. The standard InChI is InChI=1S/C24H26N2O3/c1-14-10-11-16(13-15(14)2)25-22(27)21-20-17-7-3-4-9-19(17)29-24(26-23(21)28)12-6-5-8-18(20)24/h3-4,7,9-11,13,18,20-21H,5-6,8,12H2,1-2H3,(H,25,27)(H,26,28)/t18-,20+,21+,24+/m0/s1. The lowest BCUT2D eigenvalue weighted by Crippen LogP contribution is -2.69. The molecule has 1 saturated heterocycles. The molecule has 2 heterocycles. The van der Waals surface area contributed by atoms with Gasteiger partial charge in [-0.15, -0.1) is 0 Å².